The van der Waals surface area contributed by atoms with E-state index in [1.807, 2.05) is 0 Å². The molecular weight excluding hydrogens is 532 g/mol. The van der Waals surface area contributed by atoms with Crippen molar-refractivity contribution in [1.29, 1.82) is 0 Å². The average Bonchev–Trinajstić information content (AvgIpc) is 3.31. The molecule has 3 saturated heterocycles. The Morgan fingerprint density at radius 1 is 1.13 bits per heavy atom. The fourth-order valence-corrected chi connectivity index (χ4v) is 7.31. The molecule has 0 radical (unpaired) electrons. The van der Waals surface area contributed by atoms with Gasteiger partial charge in [-0.2, -0.15) is 30.2 Å². The molecule has 212 valence electrons. The first-order valence-corrected chi connectivity index (χ1v) is 13.9. The molecule has 1 aromatic rings. The van der Waals surface area contributed by atoms with E-state index in [0.717, 1.165) is 12.1 Å². The van der Waals surface area contributed by atoms with Crippen LogP contribution in [-0.2, 0) is 26.0 Å². The Labute approximate surface area is 218 Å². The van der Waals surface area contributed by atoms with Gasteiger partial charge >= 0.3 is 6.18 Å². The van der Waals surface area contributed by atoms with Gasteiger partial charge in [-0.1, -0.05) is 6.07 Å². The minimum absolute atomic E-state index is 0.0173. The number of rotatable bonds is 6. The van der Waals surface area contributed by atoms with Crippen molar-refractivity contribution in [3.05, 3.63) is 35.1 Å². The lowest BCUT2D eigenvalue weighted by atomic mass is 9.97. The van der Waals surface area contributed by atoms with Crippen molar-refractivity contribution in [3.8, 4) is 0 Å². The Kier molecular flexibility index (Phi) is 7.83. The molecule has 3 heterocycles. The highest BCUT2D eigenvalue weighted by Gasteiger charge is 2.47. The predicted molar refractivity (Wildman–Crippen MR) is 128 cm³/mol. The molecule has 3 aliphatic rings. The Balaban J connectivity index is 1.40. The van der Waals surface area contributed by atoms with Crippen LogP contribution in [0.5, 0.6) is 0 Å². The molecule has 0 bridgehead atoms. The summed E-state index contributed by atoms with van der Waals surface area (Å²) >= 11 is 0. The minimum atomic E-state index is -4.70. The zero-order chi connectivity index (χ0) is 28.0. The van der Waals surface area contributed by atoms with Crippen LogP contribution in [0.4, 0.5) is 17.6 Å². The van der Waals surface area contributed by atoms with E-state index in [0.29, 0.717) is 38.3 Å². The van der Waals surface area contributed by atoms with E-state index in [1.165, 1.54) is 20.4 Å². The monoisotopic (exact) mass is 564 g/mol. The number of nitrogens with one attached hydrogen (secondary N) is 1. The summed E-state index contributed by atoms with van der Waals surface area (Å²) < 4.78 is 81.2. The van der Waals surface area contributed by atoms with Crippen LogP contribution < -0.4 is 5.32 Å². The van der Waals surface area contributed by atoms with Gasteiger partial charge in [-0.05, 0) is 51.7 Å². The van der Waals surface area contributed by atoms with Crippen LogP contribution in [-0.4, -0.2) is 83.2 Å². The first-order chi connectivity index (χ1) is 17.6. The molecule has 3 fully saturated rings. The molecule has 3 atom stereocenters. The number of alkyl halides is 3. The normalized spacial score (nSPS) is 25.6. The lowest BCUT2D eigenvalue weighted by Gasteiger charge is -2.46. The van der Waals surface area contributed by atoms with Gasteiger partial charge in [-0.3, -0.25) is 9.59 Å². The van der Waals surface area contributed by atoms with E-state index in [1.54, 1.807) is 6.92 Å². The quantitative estimate of drug-likeness (QED) is 0.514. The average molecular weight is 565 g/mol. The molecule has 3 aliphatic heterocycles. The van der Waals surface area contributed by atoms with Crippen molar-refractivity contribution in [2.45, 2.75) is 63.4 Å². The first-order valence-electron chi connectivity index (χ1n) is 12.6. The Morgan fingerprint density at radius 2 is 1.79 bits per heavy atom. The molecule has 0 saturated carbocycles. The van der Waals surface area contributed by atoms with Crippen LogP contribution in [0.2, 0.25) is 0 Å². The zero-order valence-corrected chi connectivity index (χ0v) is 22.0. The summed E-state index contributed by atoms with van der Waals surface area (Å²) in [6.07, 6.45) is -2.86. The highest BCUT2D eigenvalue weighted by molar-refractivity contribution is 7.86. The number of nitrogens with zero attached hydrogens (tertiary/aromatic N) is 3. The van der Waals surface area contributed by atoms with E-state index >= 15 is 0 Å². The maximum Gasteiger partial charge on any atom is 0.416 e. The first kappa shape index (κ1) is 28.7. The number of aliphatic hydroxyl groups is 1. The van der Waals surface area contributed by atoms with Crippen molar-refractivity contribution >= 4 is 22.0 Å². The summed E-state index contributed by atoms with van der Waals surface area (Å²) in [5, 5.41) is 12.5. The molecule has 0 spiro atoms. The maximum atomic E-state index is 14.4. The number of likely N-dealkylation sites (tertiary alicyclic amines) is 1. The number of carbonyl (C=O) groups is 2. The number of hydrogen-bond donors (Lipinski definition) is 2. The van der Waals surface area contributed by atoms with E-state index in [-0.39, 0.29) is 37.6 Å². The van der Waals surface area contributed by atoms with Crippen molar-refractivity contribution in [2.24, 2.45) is 5.92 Å². The molecule has 0 unspecified atom stereocenters. The summed E-state index contributed by atoms with van der Waals surface area (Å²) in [5.74, 6) is -2.63. The molecule has 4 rings (SSSR count). The van der Waals surface area contributed by atoms with E-state index in [9.17, 15) is 40.7 Å². The fourth-order valence-electron chi connectivity index (χ4n) is 5.37. The molecule has 9 nitrogen and oxygen atoms in total. The van der Waals surface area contributed by atoms with Crippen LogP contribution in [0, 0.1) is 11.7 Å². The van der Waals surface area contributed by atoms with Crippen LogP contribution in [0.3, 0.4) is 0 Å². The molecule has 2 N–H and O–H groups in total. The van der Waals surface area contributed by atoms with E-state index in [2.05, 4.69) is 5.32 Å². The summed E-state index contributed by atoms with van der Waals surface area (Å²) in [7, 11) is -3.83. The zero-order valence-electron chi connectivity index (χ0n) is 21.2. The number of benzene rings is 1. The van der Waals surface area contributed by atoms with Crippen LogP contribution >= 0.6 is 0 Å². The smallest absolute Gasteiger partial charge is 0.387 e. The number of amides is 2. The van der Waals surface area contributed by atoms with Crippen LogP contribution in [0.15, 0.2) is 18.2 Å². The second kappa shape index (κ2) is 10.4. The molecule has 0 aromatic heterocycles. The fraction of sp³-hybridized carbons (Fsp3) is 0.667. The van der Waals surface area contributed by atoms with Gasteiger partial charge in [0.2, 0.25) is 11.8 Å². The van der Waals surface area contributed by atoms with E-state index < -0.39 is 57.3 Å². The molecule has 2 amide bonds. The topological polar surface area (TPSA) is 110 Å². The lowest BCUT2D eigenvalue weighted by Crippen LogP contribution is -2.65. The summed E-state index contributed by atoms with van der Waals surface area (Å²) in [6, 6.07) is 0.325. The number of halogens is 4. The SMILES string of the molecule is C[C@@H](NC(=O)[C@H]1CCCN1C(=O)[C@H]1CCCN(S(=O)(=O)N2CC(C)(O)C2)C1)c1ccc(C(F)(F)F)cc1F. The number of β-amino-alcohol motifs (C(OH)–C–C–N with tert-alkyl or cyclic N) is 1. The molecule has 1 aromatic carbocycles. The van der Waals surface area contributed by atoms with Gasteiger partial charge in [0.25, 0.3) is 10.2 Å². The summed E-state index contributed by atoms with van der Waals surface area (Å²) in [4.78, 5) is 27.8. The van der Waals surface area contributed by atoms with Gasteiger partial charge in [0.1, 0.15) is 11.9 Å². The van der Waals surface area contributed by atoms with Crippen molar-refractivity contribution in [2.75, 3.05) is 32.7 Å². The van der Waals surface area contributed by atoms with Crippen LogP contribution in [0.25, 0.3) is 0 Å². The predicted octanol–water partition coefficient (Wildman–Crippen LogP) is 2.04. The van der Waals surface area contributed by atoms with E-state index in [4.69, 9.17) is 0 Å². The highest BCUT2D eigenvalue weighted by Crippen LogP contribution is 2.32. The summed E-state index contributed by atoms with van der Waals surface area (Å²) in [6.45, 7) is 3.49. The van der Waals surface area contributed by atoms with Gasteiger partial charge in [-0.15, -0.1) is 0 Å². The molecule has 0 aliphatic carbocycles. The second-order valence-electron chi connectivity index (χ2n) is 10.6. The third-order valence-electron chi connectivity index (χ3n) is 7.41. The number of hydrogen-bond acceptors (Lipinski definition) is 5. The highest BCUT2D eigenvalue weighted by atomic mass is 32.2. The Hall–Kier alpha value is -2.29. The third-order valence-corrected chi connectivity index (χ3v) is 9.31. The number of carbonyl (C=O) groups excluding carboxylic acids is 2. The number of piperidine rings is 1. The summed E-state index contributed by atoms with van der Waals surface area (Å²) in [5.41, 5.74) is -2.32. The third kappa shape index (κ3) is 5.82. The van der Waals surface area contributed by atoms with Crippen molar-refractivity contribution < 1.29 is 40.7 Å². The maximum absolute atomic E-state index is 14.4. The van der Waals surface area contributed by atoms with Gasteiger partial charge < -0.3 is 15.3 Å². The molecular formula is C24H32F4N4O5S. The molecule has 38 heavy (non-hydrogen) atoms. The van der Waals surface area contributed by atoms with Crippen LogP contribution in [0.1, 0.15) is 56.7 Å². The largest absolute Gasteiger partial charge is 0.416 e. The Bertz CT molecular complexity index is 1180. The standard InChI is InChI=1S/C24H32F4N4O5S/c1-15(18-8-7-17(11-19(18)25)24(26,27)28)29-21(33)20-6-4-10-32(20)22(34)16-5-3-9-30(12-16)38(36,37)31-13-23(2,35)14-31/h7-8,11,15-16,20,35H,3-6,9-10,12-14H2,1-2H3,(H,29,33)/t15-,16+,20-/m1/s1. The van der Waals surface area contributed by atoms with Gasteiger partial charge in [-0.25, -0.2) is 4.39 Å². The Morgan fingerprint density at radius 3 is 2.39 bits per heavy atom. The lowest BCUT2D eigenvalue weighted by molar-refractivity contribution is -0.142. The molecule has 14 heteroatoms. The van der Waals surface area contributed by atoms with Gasteiger partial charge in [0.05, 0.1) is 23.1 Å². The van der Waals surface area contributed by atoms with Gasteiger partial charge in [0, 0.05) is 38.3 Å². The second-order valence-corrected chi connectivity index (χ2v) is 12.6. The van der Waals surface area contributed by atoms with Gasteiger partial charge in [0.15, 0.2) is 0 Å². The van der Waals surface area contributed by atoms with Crippen molar-refractivity contribution in [3.63, 3.8) is 0 Å². The van der Waals surface area contributed by atoms with Crippen molar-refractivity contribution in [1.82, 2.24) is 18.8 Å². The minimum Gasteiger partial charge on any atom is -0.387 e.